The van der Waals surface area contributed by atoms with E-state index in [-0.39, 0.29) is 0 Å². The molecular weight excluding hydrogens is 212 g/mol. The Morgan fingerprint density at radius 2 is 1.18 bits per heavy atom. The summed E-state index contributed by atoms with van der Waals surface area (Å²) >= 11 is 0. The molecule has 4 nitrogen and oxygen atoms in total. The summed E-state index contributed by atoms with van der Waals surface area (Å²) < 4.78 is 0. The molecule has 0 aromatic heterocycles. The normalized spacial score (nSPS) is 12.0. The van der Waals surface area contributed by atoms with Crippen molar-refractivity contribution >= 4 is 0 Å². The highest BCUT2D eigenvalue weighted by Gasteiger charge is 2.04. The number of hydrogen-bond donors (Lipinski definition) is 3. The van der Waals surface area contributed by atoms with E-state index in [0.717, 1.165) is 39.3 Å². The van der Waals surface area contributed by atoms with Crippen molar-refractivity contribution in [2.75, 3.05) is 46.3 Å². The number of rotatable bonds is 11. The van der Waals surface area contributed by atoms with Gasteiger partial charge >= 0.3 is 0 Å². The second kappa shape index (κ2) is 11.0. The molecule has 4 heteroatoms. The molecule has 3 N–H and O–H groups in total. The number of nitrogens with one attached hydrogen (secondary N) is 3. The molecule has 0 rings (SSSR count). The topological polar surface area (TPSA) is 39.3 Å². The lowest BCUT2D eigenvalue weighted by atomic mass is 10.3. The van der Waals surface area contributed by atoms with Gasteiger partial charge in [0.05, 0.1) is 0 Å². The quantitative estimate of drug-likeness (QED) is 0.495. The first-order valence-electron chi connectivity index (χ1n) is 6.90. The van der Waals surface area contributed by atoms with Crippen molar-refractivity contribution in [2.24, 2.45) is 0 Å². The van der Waals surface area contributed by atoms with Crippen molar-refractivity contribution in [3.05, 3.63) is 0 Å². The first-order chi connectivity index (χ1) is 8.06. The van der Waals surface area contributed by atoms with Crippen LogP contribution in [0.4, 0.5) is 0 Å². The van der Waals surface area contributed by atoms with E-state index in [9.17, 15) is 0 Å². The van der Waals surface area contributed by atoms with Gasteiger partial charge < -0.3 is 16.0 Å². The second-order valence-corrected chi connectivity index (χ2v) is 5.16. The molecular formula is C13H32N4. The molecule has 0 aliphatic heterocycles. The Hall–Kier alpha value is -0.160. The smallest absolute Gasteiger partial charge is 0.0108 e. The van der Waals surface area contributed by atoms with Crippen molar-refractivity contribution in [1.82, 2.24) is 20.9 Å². The van der Waals surface area contributed by atoms with Crippen LogP contribution in [0.15, 0.2) is 0 Å². The SMILES string of the molecule is CNCCN(CCNC(C)C)CCNC(C)C. The molecule has 0 heterocycles. The molecule has 0 unspecified atom stereocenters. The zero-order valence-electron chi connectivity index (χ0n) is 12.3. The van der Waals surface area contributed by atoms with Crippen molar-refractivity contribution in [2.45, 2.75) is 39.8 Å². The minimum absolute atomic E-state index is 0.579. The molecule has 0 aliphatic carbocycles. The highest BCUT2D eigenvalue weighted by Crippen LogP contribution is 1.87. The van der Waals surface area contributed by atoms with E-state index in [4.69, 9.17) is 0 Å². The van der Waals surface area contributed by atoms with Gasteiger partial charge in [-0.05, 0) is 7.05 Å². The molecule has 0 saturated carbocycles. The van der Waals surface area contributed by atoms with Gasteiger partial charge in [0.15, 0.2) is 0 Å². The van der Waals surface area contributed by atoms with Gasteiger partial charge in [-0.3, -0.25) is 4.90 Å². The third-order valence-electron chi connectivity index (χ3n) is 2.64. The Morgan fingerprint density at radius 3 is 1.53 bits per heavy atom. The van der Waals surface area contributed by atoms with Gasteiger partial charge in [0.2, 0.25) is 0 Å². The summed E-state index contributed by atoms with van der Waals surface area (Å²) in [6.45, 7) is 15.3. The van der Waals surface area contributed by atoms with Gasteiger partial charge in [-0.15, -0.1) is 0 Å². The molecule has 0 aromatic carbocycles. The van der Waals surface area contributed by atoms with Crippen LogP contribution in [0, 0.1) is 0 Å². The predicted octanol–water partition coefficient (Wildman–Crippen LogP) is 0.504. The van der Waals surface area contributed by atoms with E-state index in [0.29, 0.717) is 12.1 Å². The summed E-state index contributed by atoms with van der Waals surface area (Å²) in [7, 11) is 2.01. The van der Waals surface area contributed by atoms with Crippen LogP contribution in [0.5, 0.6) is 0 Å². The monoisotopic (exact) mass is 244 g/mol. The number of hydrogen-bond acceptors (Lipinski definition) is 4. The van der Waals surface area contributed by atoms with Gasteiger partial charge in [-0.2, -0.15) is 0 Å². The lowest BCUT2D eigenvalue weighted by Gasteiger charge is -2.23. The summed E-state index contributed by atoms with van der Waals surface area (Å²) in [5, 5.41) is 10.2. The lowest BCUT2D eigenvalue weighted by Crippen LogP contribution is -2.42. The van der Waals surface area contributed by atoms with Crippen LogP contribution in [0.25, 0.3) is 0 Å². The first kappa shape index (κ1) is 16.8. The van der Waals surface area contributed by atoms with Crippen molar-refractivity contribution < 1.29 is 0 Å². The Morgan fingerprint density at radius 1 is 0.765 bits per heavy atom. The summed E-state index contributed by atoms with van der Waals surface area (Å²) in [5.74, 6) is 0. The number of nitrogens with zero attached hydrogens (tertiary/aromatic N) is 1. The van der Waals surface area contributed by atoms with Crippen LogP contribution >= 0.6 is 0 Å². The molecule has 104 valence electrons. The standard InChI is InChI=1S/C13H32N4/c1-12(2)15-7-10-17(9-6-14-5)11-8-16-13(3)4/h12-16H,6-11H2,1-5H3. The van der Waals surface area contributed by atoms with Crippen molar-refractivity contribution in [3.63, 3.8) is 0 Å². The van der Waals surface area contributed by atoms with E-state index in [2.05, 4.69) is 48.5 Å². The summed E-state index contributed by atoms with van der Waals surface area (Å²) in [4.78, 5) is 2.50. The lowest BCUT2D eigenvalue weighted by molar-refractivity contribution is 0.269. The zero-order chi connectivity index (χ0) is 13.1. The van der Waals surface area contributed by atoms with E-state index >= 15 is 0 Å². The summed E-state index contributed by atoms with van der Waals surface area (Å²) in [5.41, 5.74) is 0. The average molecular weight is 244 g/mol. The zero-order valence-corrected chi connectivity index (χ0v) is 12.3. The van der Waals surface area contributed by atoms with Crippen LogP contribution in [-0.2, 0) is 0 Å². The minimum Gasteiger partial charge on any atom is -0.318 e. The molecule has 0 aliphatic rings. The van der Waals surface area contributed by atoms with Crippen molar-refractivity contribution in [3.8, 4) is 0 Å². The van der Waals surface area contributed by atoms with Gasteiger partial charge in [-0.1, -0.05) is 27.7 Å². The van der Waals surface area contributed by atoms with E-state index < -0.39 is 0 Å². The minimum atomic E-state index is 0.579. The molecule has 0 spiro atoms. The molecule has 0 radical (unpaired) electrons. The molecule has 0 aromatic rings. The van der Waals surface area contributed by atoms with Crippen molar-refractivity contribution in [1.29, 1.82) is 0 Å². The van der Waals surface area contributed by atoms with E-state index in [1.807, 2.05) is 7.05 Å². The summed E-state index contributed by atoms with van der Waals surface area (Å²) in [6.07, 6.45) is 0. The maximum Gasteiger partial charge on any atom is 0.0108 e. The Labute approximate surface area is 108 Å². The molecule has 0 saturated heterocycles. The molecule has 0 amide bonds. The molecule has 0 fully saturated rings. The van der Waals surface area contributed by atoms with E-state index in [1.165, 1.54) is 0 Å². The van der Waals surface area contributed by atoms with Crippen LogP contribution in [0.2, 0.25) is 0 Å². The Bertz CT molecular complexity index is 145. The summed E-state index contributed by atoms with van der Waals surface area (Å²) in [6, 6.07) is 1.16. The molecule has 0 atom stereocenters. The fourth-order valence-electron chi connectivity index (χ4n) is 1.63. The highest BCUT2D eigenvalue weighted by atomic mass is 15.2. The fourth-order valence-corrected chi connectivity index (χ4v) is 1.63. The third-order valence-corrected chi connectivity index (χ3v) is 2.64. The van der Waals surface area contributed by atoms with Crippen LogP contribution < -0.4 is 16.0 Å². The fraction of sp³-hybridized carbons (Fsp3) is 1.00. The predicted molar refractivity (Wildman–Crippen MR) is 76.6 cm³/mol. The Kier molecular flexibility index (Phi) is 10.9. The average Bonchev–Trinajstić information content (AvgIpc) is 2.24. The number of likely N-dealkylation sites (N-methyl/N-ethyl adjacent to an activating group) is 1. The van der Waals surface area contributed by atoms with E-state index in [1.54, 1.807) is 0 Å². The Balaban J connectivity index is 3.71. The maximum atomic E-state index is 3.47. The first-order valence-corrected chi connectivity index (χ1v) is 6.90. The second-order valence-electron chi connectivity index (χ2n) is 5.16. The van der Waals surface area contributed by atoms with Crippen LogP contribution in [-0.4, -0.2) is 63.3 Å². The maximum absolute atomic E-state index is 3.47. The van der Waals surface area contributed by atoms with Gasteiger partial charge in [-0.25, -0.2) is 0 Å². The van der Waals surface area contributed by atoms with Gasteiger partial charge in [0, 0.05) is 51.4 Å². The molecule has 17 heavy (non-hydrogen) atoms. The van der Waals surface area contributed by atoms with Crippen LogP contribution in [0.1, 0.15) is 27.7 Å². The van der Waals surface area contributed by atoms with Crippen LogP contribution in [0.3, 0.4) is 0 Å². The largest absolute Gasteiger partial charge is 0.318 e. The molecule has 0 bridgehead atoms. The van der Waals surface area contributed by atoms with Gasteiger partial charge in [0.25, 0.3) is 0 Å². The van der Waals surface area contributed by atoms with Gasteiger partial charge in [0.1, 0.15) is 0 Å². The third kappa shape index (κ3) is 12.1. The highest BCUT2D eigenvalue weighted by molar-refractivity contribution is 4.65.